The minimum atomic E-state index is 0.0568. The molecule has 1 unspecified atom stereocenters. The van der Waals surface area contributed by atoms with Crippen LogP contribution in [0.25, 0.3) is 0 Å². The molecular formula is C21H44O5. The smallest absolute Gasteiger partial charge is 0.0704 e. The van der Waals surface area contributed by atoms with Crippen molar-refractivity contribution in [3.8, 4) is 0 Å². The van der Waals surface area contributed by atoms with Crippen molar-refractivity contribution < 1.29 is 24.1 Å². The van der Waals surface area contributed by atoms with Gasteiger partial charge in [-0.2, -0.15) is 0 Å². The minimum Gasteiger partial charge on any atom is -0.394 e. The first-order valence-electron chi connectivity index (χ1n) is 10.8. The Labute approximate surface area is 161 Å². The molecule has 0 bridgehead atoms. The van der Waals surface area contributed by atoms with Gasteiger partial charge in [0.1, 0.15) is 0 Å². The summed E-state index contributed by atoms with van der Waals surface area (Å²) in [5, 5.41) is 8.57. The van der Waals surface area contributed by atoms with Crippen molar-refractivity contribution in [2.75, 3.05) is 52.9 Å². The van der Waals surface area contributed by atoms with Crippen molar-refractivity contribution in [2.45, 2.75) is 84.2 Å². The predicted octanol–water partition coefficient (Wildman–Crippen LogP) is 4.35. The van der Waals surface area contributed by atoms with E-state index < -0.39 is 0 Å². The summed E-state index contributed by atoms with van der Waals surface area (Å²) in [5.74, 6) is 0. The third-order valence-corrected chi connectivity index (χ3v) is 4.32. The van der Waals surface area contributed by atoms with Gasteiger partial charge in [-0.25, -0.2) is 0 Å². The summed E-state index contributed by atoms with van der Waals surface area (Å²) in [7, 11) is 0. The SMILES string of the molecule is CCCCCCCCC(CCCC)OCCOCCOCCOCCO. The van der Waals surface area contributed by atoms with Crippen LogP contribution in [0.2, 0.25) is 0 Å². The largest absolute Gasteiger partial charge is 0.394 e. The highest BCUT2D eigenvalue weighted by Gasteiger charge is 2.08. The molecule has 5 heteroatoms. The van der Waals surface area contributed by atoms with E-state index >= 15 is 0 Å². The van der Waals surface area contributed by atoms with Crippen LogP contribution in [0.5, 0.6) is 0 Å². The molecule has 0 aromatic carbocycles. The highest BCUT2D eigenvalue weighted by atomic mass is 16.6. The first kappa shape index (κ1) is 25.8. The minimum absolute atomic E-state index is 0.0568. The van der Waals surface area contributed by atoms with E-state index in [-0.39, 0.29) is 6.61 Å². The molecule has 1 N–H and O–H groups in total. The molecule has 0 amide bonds. The zero-order valence-corrected chi connectivity index (χ0v) is 17.4. The van der Waals surface area contributed by atoms with Crippen LogP contribution >= 0.6 is 0 Å². The second kappa shape index (κ2) is 22.8. The van der Waals surface area contributed by atoms with Crippen molar-refractivity contribution in [1.82, 2.24) is 0 Å². The van der Waals surface area contributed by atoms with E-state index in [1.807, 2.05) is 0 Å². The summed E-state index contributed by atoms with van der Waals surface area (Å²) >= 11 is 0. The highest BCUT2D eigenvalue weighted by molar-refractivity contribution is 4.59. The first-order chi connectivity index (χ1) is 12.8. The second-order valence-corrected chi connectivity index (χ2v) is 6.75. The van der Waals surface area contributed by atoms with Crippen LogP contribution in [0.15, 0.2) is 0 Å². The van der Waals surface area contributed by atoms with Crippen LogP contribution in [-0.2, 0) is 18.9 Å². The molecule has 5 nitrogen and oxygen atoms in total. The summed E-state index contributed by atoms with van der Waals surface area (Å²) in [4.78, 5) is 0. The van der Waals surface area contributed by atoms with E-state index in [0.717, 1.165) is 0 Å². The van der Waals surface area contributed by atoms with Crippen LogP contribution in [-0.4, -0.2) is 64.1 Å². The number of ether oxygens (including phenoxy) is 4. The van der Waals surface area contributed by atoms with E-state index in [1.165, 1.54) is 64.2 Å². The highest BCUT2D eigenvalue weighted by Crippen LogP contribution is 2.15. The quantitative estimate of drug-likeness (QED) is 0.285. The molecule has 0 saturated heterocycles. The van der Waals surface area contributed by atoms with Gasteiger partial charge in [0.2, 0.25) is 0 Å². The van der Waals surface area contributed by atoms with Crippen molar-refractivity contribution in [3.05, 3.63) is 0 Å². The van der Waals surface area contributed by atoms with Crippen LogP contribution in [0, 0.1) is 0 Å². The van der Waals surface area contributed by atoms with Crippen molar-refractivity contribution in [3.63, 3.8) is 0 Å². The first-order valence-corrected chi connectivity index (χ1v) is 10.8. The lowest BCUT2D eigenvalue weighted by molar-refractivity contribution is -0.0245. The Balaban J connectivity index is 3.49. The molecule has 0 aromatic rings. The lowest BCUT2D eigenvalue weighted by atomic mass is 10.0. The Kier molecular flexibility index (Phi) is 22.7. The molecule has 0 fully saturated rings. The van der Waals surface area contributed by atoms with Crippen molar-refractivity contribution >= 4 is 0 Å². The summed E-state index contributed by atoms with van der Waals surface area (Å²) in [6, 6.07) is 0. The number of hydrogen-bond donors (Lipinski definition) is 1. The van der Waals surface area contributed by atoms with Gasteiger partial charge in [0.05, 0.1) is 59.0 Å². The van der Waals surface area contributed by atoms with Gasteiger partial charge in [-0.3, -0.25) is 0 Å². The van der Waals surface area contributed by atoms with Gasteiger partial charge in [0.25, 0.3) is 0 Å². The Morgan fingerprint density at radius 3 is 1.69 bits per heavy atom. The molecule has 0 heterocycles. The molecule has 0 saturated carbocycles. The Morgan fingerprint density at radius 1 is 0.577 bits per heavy atom. The summed E-state index contributed by atoms with van der Waals surface area (Å²) in [6.07, 6.45) is 13.3. The number of aliphatic hydroxyl groups excluding tert-OH is 1. The standard InChI is InChI=1S/C21H44O5/c1-3-5-7-8-9-10-12-21(11-6-4-2)26-20-19-25-18-17-24-16-15-23-14-13-22/h21-22H,3-20H2,1-2H3. The molecule has 0 aliphatic rings. The normalized spacial score (nSPS) is 12.6. The molecule has 0 radical (unpaired) electrons. The molecule has 0 spiro atoms. The molecule has 0 aromatic heterocycles. The maximum Gasteiger partial charge on any atom is 0.0704 e. The van der Waals surface area contributed by atoms with Crippen LogP contribution in [0.4, 0.5) is 0 Å². The Hall–Kier alpha value is -0.200. The lowest BCUT2D eigenvalue weighted by Gasteiger charge is -2.18. The molecular weight excluding hydrogens is 332 g/mol. The molecule has 0 aliphatic carbocycles. The van der Waals surface area contributed by atoms with Gasteiger partial charge in [-0.1, -0.05) is 65.2 Å². The van der Waals surface area contributed by atoms with Gasteiger partial charge >= 0.3 is 0 Å². The zero-order valence-electron chi connectivity index (χ0n) is 17.4. The third kappa shape index (κ3) is 20.1. The number of rotatable bonds is 22. The van der Waals surface area contributed by atoms with Gasteiger partial charge in [0.15, 0.2) is 0 Å². The van der Waals surface area contributed by atoms with Crippen LogP contribution < -0.4 is 0 Å². The summed E-state index contributed by atoms with van der Waals surface area (Å²) < 4.78 is 22.1. The maximum absolute atomic E-state index is 8.57. The molecule has 1 atom stereocenters. The fourth-order valence-electron chi connectivity index (χ4n) is 2.78. The monoisotopic (exact) mass is 376 g/mol. The van der Waals surface area contributed by atoms with Crippen LogP contribution in [0.3, 0.4) is 0 Å². The Morgan fingerprint density at radius 2 is 1.08 bits per heavy atom. The average molecular weight is 377 g/mol. The van der Waals surface area contributed by atoms with E-state index in [9.17, 15) is 0 Å². The maximum atomic E-state index is 8.57. The van der Waals surface area contributed by atoms with Crippen molar-refractivity contribution in [1.29, 1.82) is 0 Å². The summed E-state index contributed by atoms with van der Waals surface area (Å²) in [6.45, 7) is 8.43. The van der Waals surface area contributed by atoms with E-state index in [1.54, 1.807) is 0 Å². The summed E-state index contributed by atoms with van der Waals surface area (Å²) in [5.41, 5.74) is 0. The predicted molar refractivity (Wildman–Crippen MR) is 107 cm³/mol. The van der Waals surface area contributed by atoms with Crippen molar-refractivity contribution in [2.24, 2.45) is 0 Å². The van der Waals surface area contributed by atoms with Crippen LogP contribution in [0.1, 0.15) is 78.1 Å². The number of aliphatic hydroxyl groups is 1. The van der Waals surface area contributed by atoms with Gasteiger partial charge in [0, 0.05) is 0 Å². The fourth-order valence-corrected chi connectivity index (χ4v) is 2.78. The molecule has 158 valence electrons. The topological polar surface area (TPSA) is 57.2 Å². The zero-order chi connectivity index (χ0) is 19.1. The van der Waals surface area contributed by atoms with E-state index in [0.29, 0.717) is 52.4 Å². The number of unbranched alkanes of at least 4 members (excludes halogenated alkanes) is 6. The lowest BCUT2D eigenvalue weighted by Crippen LogP contribution is -2.18. The van der Waals surface area contributed by atoms with Gasteiger partial charge in [-0.05, 0) is 12.8 Å². The van der Waals surface area contributed by atoms with E-state index in [2.05, 4.69) is 13.8 Å². The number of hydrogen-bond acceptors (Lipinski definition) is 5. The van der Waals surface area contributed by atoms with E-state index in [4.69, 9.17) is 24.1 Å². The van der Waals surface area contributed by atoms with Gasteiger partial charge in [-0.15, -0.1) is 0 Å². The second-order valence-electron chi connectivity index (χ2n) is 6.75. The third-order valence-electron chi connectivity index (χ3n) is 4.32. The van der Waals surface area contributed by atoms with Gasteiger partial charge < -0.3 is 24.1 Å². The average Bonchev–Trinajstić information content (AvgIpc) is 2.66. The fraction of sp³-hybridized carbons (Fsp3) is 1.00. The molecule has 0 aliphatic heterocycles. The molecule has 0 rings (SSSR count). The molecule has 26 heavy (non-hydrogen) atoms. The Bertz CT molecular complexity index is 251.